The van der Waals surface area contributed by atoms with Gasteiger partial charge < -0.3 is 14.6 Å². The molecule has 2 aliphatic rings. The number of hydrogen-bond acceptors (Lipinski definition) is 3. The van der Waals surface area contributed by atoms with Crippen molar-refractivity contribution in [3.63, 3.8) is 0 Å². The van der Waals surface area contributed by atoms with E-state index in [0.29, 0.717) is 53.5 Å². The Bertz CT molecular complexity index is 851. The van der Waals surface area contributed by atoms with Crippen LogP contribution in [0.2, 0.25) is 5.02 Å². The first-order valence-electron chi connectivity index (χ1n) is 10.1. The first-order valence-corrected chi connectivity index (χ1v) is 10.5. The van der Waals surface area contributed by atoms with Crippen molar-refractivity contribution in [2.45, 2.75) is 63.8 Å². The number of hydrogen-bond donors (Lipinski definition) is 1. The number of rotatable bonds is 5. The lowest BCUT2D eigenvalue weighted by Gasteiger charge is -2.31. The third kappa shape index (κ3) is 4.18. The van der Waals surface area contributed by atoms with Crippen molar-refractivity contribution >= 4 is 28.5 Å². The van der Waals surface area contributed by atoms with E-state index < -0.39 is 5.67 Å². The zero-order chi connectivity index (χ0) is 19.7. The van der Waals surface area contributed by atoms with Crippen LogP contribution >= 0.6 is 11.6 Å². The van der Waals surface area contributed by atoms with Gasteiger partial charge in [0.15, 0.2) is 0 Å². The topological polar surface area (TPSA) is 56.2 Å². The predicted molar refractivity (Wildman–Crippen MR) is 108 cm³/mol. The fourth-order valence-corrected chi connectivity index (χ4v) is 4.55. The lowest BCUT2D eigenvalue weighted by atomic mass is 9.81. The largest absolute Gasteiger partial charge is 0.376 e. The van der Waals surface area contributed by atoms with E-state index in [1.54, 1.807) is 19.2 Å². The van der Waals surface area contributed by atoms with Crippen LogP contribution in [-0.4, -0.2) is 40.4 Å². The molecule has 1 N–H and O–H groups in total. The van der Waals surface area contributed by atoms with Crippen LogP contribution in [0.3, 0.4) is 0 Å². The summed E-state index contributed by atoms with van der Waals surface area (Å²) >= 11 is 6.41. The Morgan fingerprint density at radius 1 is 1.43 bits per heavy atom. The smallest absolute Gasteiger partial charge is 0.253 e. The molecule has 1 aliphatic heterocycles. The van der Waals surface area contributed by atoms with Gasteiger partial charge in [0.05, 0.1) is 28.6 Å². The minimum Gasteiger partial charge on any atom is -0.376 e. The molecule has 3 heterocycles. The van der Waals surface area contributed by atoms with E-state index in [4.69, 9.17) is 16.3 Å². The van der Waals surface area contributed by atoms with Crippen LogP contribution < -0.4 is 5.32 Å². The summed E-state index contributed by atoms with van der Waals surface area (Å²) in [6.07, 6.45) is 8.43. The average Bonchev–Trinajstić information content (AvgIpc) is 3.30. The van der Waals surface area contributed by atoms with E-state index >= 15 is 0 Å². The number of fused-ring (bicyclic) bond motifs is 1. The number of amides is 1. The molecule has 2 aromatic heterocycles. The number of nitrogens with zero attached hydrogens (tertiary/aromatic N) is 2. The molecule has 28 heavy (non-hydrogen) atoms. The van der Waals surface area contributed by atoms with E-state index in [2.05, 4.69) is 10.3 Å². The maximum absolute atomic E-state index is 14.0. The molecular formula is C21H27ClFN3O2. The summed E-state index contributed by atoms with van der Waals surface area (Å²) in [6, 6.07) is 1.71. The van der Waals surface area contributed by atoms with E-state index in [9.17, 15) is 9.18 Å². The highest BCUT2D eigenvalue weighted by Gasteiger charge is 2.31. The Morgan fingerprint density at radius 2 is 2.21 bits per heavy atom. The van der Waals surface area contributed by atoms with Crippen LogP contribution in [0.25, 0.3) is 11.0 Å². The summed E-state index contributed by atoms with van der Waals surface area (Å²) in [5.41, 5.74) is 0.186. The summed E-state index contributed by atoms with van der Waals surface area (Å²) in [5.74, 6) is 0.168. The standard InChI is InChI=1S/C21H27ClFN3O2/c1-21(23)7-4-14(5-8-21)11-25-20(27)16-13-26(12-15-3-2-10-28-15)19-18(16)17(22)6-9-24-19/h6,9,13-15H,2-5,7-8,10-12H2,1H3,(H,25,27). The molecule has 0 spiro atoms. The number of alkyl halides is 1. The van der Waals surface area contributed by atoms with Crippen LogP contribution in [0, 0.1) is 5.92 Å². The fourth-order valence-electron chi connectivity index (χ4n) is 4.31. The maximum atomic E-state index is 14.0. The molecule has 1 amide bonds. The highest BCUT2D eigenvalue weighted by Crippen LogP contribution is 2.34. The summed E-state index contributed by atoms with van der Waals surface area (Å²) in [5, 5.41) is 4.23. The van der Waals surface area contributed by atoms with Gasteiger partial charge in [-0.1, -0.05) is 11.6 Å². The van der Waals surface area contributed by atoms with Gasteiger partial charge >= 0.3 is 0 Å². The second-order valence-corrected chi connectivity index (χ2v) is 8.80. The number of carbonyl (C=O) groups is 1. The van der Waals surface area contributed by atoms with Gasteiger partial charge in [-0.2, -0.15) is 0 Å². The van der Waals surface area contributed by atoms with Gasteiger partial charge in [-0.3, -0.25) is 4.79 Å². The highest BCUT2D eigenvalue weighted by atomic mass is 35.5. The zero-order valence-electron chi connectivity index (χ0n) is 16.2. The average molecular weight is 408 g/mol. The van der Waals surface area contributed by atoms with Gasteiger partial charge in [-0.05, 0) is 57.4 Å². The second-order valence-electron chi connectivity index (χ2n) is 8.39. The monoisotopic (exact) mass is 407 g/mol. The summed E-state index contributed by atoms with van der Waals surface area (Å²) in [7, 11) is 0. The molecule has 2 aromatic rings. The van der Waals surface area contributed by atoms with Crippen LogP contribution in [0.1, 0.15) is 55.8 Å². The van der Waals surface area contributed by atoms with Gasteiger partial charge in [0, 0.05) is 25.5 Å². The molecule has 4 rings (SSSR count). The van der Waals surface area contributed by atoms with E-state index in [1.165, 1.54) is 0 Å². The Hall–Kier alpha value is -1.66. The van der Waals surface area contributed by atoms with Crippen molar-refractivity contribution in [1.29, 1.82) is 0 Å². The summed E-state index contributed by atoms with van der Waals surface area (Å²) in [4.78, 5) is 17.4. The number of carbonyl (C=O) groups excluding carboxylic acids is 1. The first kappa shape index (κ1) is 19.6. The van der Waals surface area contributed by atoms with Gasteiger partial charge in [0.25, 0.3) is 5.91 Å². The minimum absolute atomic E-state index is 0.143. The molecule has 152 valence electrons. The Balaban J connectivity index is 1.50. The van der Waals surface area contributed by atoms with E-state index in [1.807, 2.05) is 10.8 Å². The Labute approximate surface area is 169 Å². The molecule has 7 heteroatoms. The Kier molecular flexibility index (Phi) is 5.61. The Morgan fingerprint density at radius 3 is 2.93 bits per heavy atom. The number of pyridine rings is 1. The molecule has 1 saturated heterocycles. The van der Waals surface area contributed by atoms with Crippen LogP contribution in [-0.2, 0) is 11.3 Å². The number of halogens is 2. The first-order chi connectivity index (χ1) is 13.4. The fraction of sp³-hybridized carbons (Fsp3) is 0.619. The minimum atomic E-state index is -1.06. The molecule has 1 atom stereocenters. The van der Waals surface area contributed by atoms with Gasteiger partial charge in [0.2, 0.25) is 0 Å². The quantitative estimate of drug-likeness (QED) is 0.792. The predicted octanol–water partition coefficient (Wildman–Crippen LogP) is 4.52. The van der Waals surface area contributed by atoms with Gasteiger partial charge in [-0.25, -0.2) is 9.37 Å². The SMILES string of the molecule is CC1(F)CCC(CNC(=O)c2cn(CC3CCCO3)c3nccc(Cl)c23)CC1. The van der Waals surface area contributed by atoms with Crippen molar-refractivity contribution in [2.24, 2.45) is 5.92 Å². The molecular weight excluding hydrogens is 381 g/mol. The number of ether oxygens (including phenoxy) is 1. The number of nitrogens with one attached hydrogen (secondary N) is 1. The van der Waals surface area contributed by atoms with E-state index in [0.717, 1.165) is 32.3 Å². The number of aromatic nitrogens is 2. The highest BCUT2D eigenvalue weighted by molar-refractivity contribution is 6.36. The summed E-state index contributed by atoms with van der Waals surface area (Å²) < 4.78 is 21.7. The van der Waals surface area contributed by atoms with Gasteiger partial charge in [-0.15, -0.1) is 0 Å². The molecule has 1 saturated carbocycles. The van der Waals surface area contributed by atoms with Crippen LogP contribution in [0.5, 0.6) is 0 Å². The molecule has 5 nitrogen and oxygen atoms in total. The third-order valence-electron chi connectivity index (χ3n) is 6.07. The maximum Gasteiger partial charge on any atom is 0.253 e. The zero-order valence-corrected chi connectivity index (χ0v) is 17.0. The molecule has 0 bridgehead atoms. The normalized spacial score (nSPS) is 28.0. The van der Waals surface area contributed by atoms with E-state index in [-0.39, 0.29) is 12.0 Å². The van der Waals surface area contributed by atoms with Crippen molar-refractivity contribution in [3.05, 3.63) is 29.0 Å². The van der Waals surface area contributed by atoms with Crippen molar-refractivity contribution in [1.82, 2.24) is 14.9 Å². The van der Waals surface area contributed by atoms with Crippen LogP contribution in [0.4, 0.5) is 4.39 Å². The van der Waals surface area contributed by atoms with Crippen molar-refractivity contribution in [2.75, 3.05) is 13.2 Å². The molecule has 2 fully saturated rings. The van der Waals surface area contributed by atoms with Crippen molar-refractivity contribution in [3.8, 4) is 0 Å². The molecule has 1 aliphatic carbocycles. The third-order valence-corrected chi connectivity index (χ3v) is 6.39. The summed E-state index contributed by atoms with van der Waals surface area (Å²) in [6.45, 7) is 3.67. The molecule has 0 aromatic carbocycles. The lowest BCUT2D eigenvalue weighted by Crippen LogP contribution is -2.34. The van der Waals surface area contributed by atoms with Gasteiger partial charge in [0.1, 0.15) is 11.3 Å². The molecule has 1 unspecified atom stereocenters. The van der Waals surface area contributed by atoms with Crippen molar-refractivity contribution < 1.29 is 13.9 Å². The lowest BCUT2D eigenvalue weighted by molar-refractivity contribution is 0.0891. The van der Waals surface area contributed by atoms with Crippen LogP contribution in [0.15, 0.2) is 18.5 Å². The molecule has 0 radical (unpaired) electrons. The second kappa shape index (κ2) is 7.99.